The van der Waals surface area contributed by atoms with Gasteiger partial charge in [0.05, 0.1) is 13.2 Å². The number of hydrogen-bond acceptors (Lipinski definition) is 3. The van der Waals surface area contributed by atoms with Gasteiger partial charge in [0.1, 0.15) is 6.04 Å². The number of benzene rings is 1. The molecule has 0 saturated carbocycles. The number of hydrogen-bond donors (Lipinski definition) is 1. The third-order valence-electron chi connectivity index (χ3n) is 4.58. The lowest BCUT2D eigenvalue weighted by atomic mass is 10.00. The lowest BCUT2D eigenvalue weighted by Gasteiger charge is -2.31. The topological polar surface area (TPSA) is 58.6 Å². The Hall–Kier alpha value is -1.88. The summed E-state index contributed by atoms with van der Waals surface area (Å²) < 4.78 is 5.32. The first-order valence-corrected chi connectivity index (χ1v) is 8.86. The molecule has 0 aromatic heterocycles. The van der Waals surface area contributed by atoms with Crippen molar-refractivity contribution in [1.82, 2.24) is 10.2 Å². The van der Waals surface area contributed by atoms with Crippen LogP contribution in [-0.2, 0) is 20.7 Å². The Morgan fingerprint density at radius 2 is 1.75 bits per heavy atom. The summed E-state index contributed by atoms with van der Waals surface area (Å²) in [6.07, 6.45) is 2.08. The summed E-state index contributed by atoms with van der Waals surface area (Å²) in [6, 6.07) is 9.32. The van der Waals surface area contributed by atoms with Gasteiger partial charge in [0.25, 0.3) is 0 Å². The standard InChI is InChI=1S/C19H28N2O3/c1-3-16(4-2)18(22)20-17(14-15-8-6-5-7-9-15)19(23)21-10-12-24-13-11-21/h5-9,16-17H,3-4,10-14H2,1-2H3,(H,20,22)/t17-/m0/s1. The van der Waals surface area contributed by atoms with Gasteiger partial charge >= 0.3 is 0 Å². The molecule has 132 valence electrons. The molecule has 1 fully saturated rings. The van der Waals surface area contributed by atoms with Crippen molar-refractivity contribution in [2.24, 2.45) is 5.92 Å². The van der Waals surface area contributed by atoms with Gasteiger partial charge in [-0.2, -0.15) is 0 Å². The number of ether oxygens (including phenoxy) is 1. The van der Waals surface area contributed by atoms with Gasteiger partial charge in [0.15, 0.2) is 0 Å². The predicted octanol–water partition coefficient (Wildman–Crippen LogP) is 2.01. The summed E-state index contributed by atoms with van der Waals surface area (Å²) >= 11 is 0. The molecule has 2 rings (SSSR count). The van der Waals surface area contributed by atoms with Crippen molar-refractivity contribution in [3.63, 3.8) is 0 Å². The predicted molar refractivity (Wildman–Crippen MR) is 93.5 cm³/mol. The number of amides is 2. The summed E-state index contributed by atoms with van der Waals surface area (Å²) in [6.45, 7) is 6.30. The molecule has 1 aliphatic heterocycles. The maximum Gasteiger partial charge on any atom is 0.245 e. The van der Waals surface area contributed by atoms with Gasteiger partial charge in [-0.1, -0.05) is 44.2 Å². The molecular formula is C19H28N2O3. The molecule has 0 aliphatic carbocycles. The van der Waals surface area contributed by atoms with E-state index in [1.165, 1.54) is 0 Å². The van der Waals surface area contributed by atoms with Crippen molar-refractivity contribution in [3.05, 3.63) is 35.9 Å². The number of nitrogens with one attached hydrogen (secondary N) is 1. The quantitative estimate of drug-likeness (QED) is 0.831. The average molecular weight is 332 g/mol. The summed E-state index contributed by atoms with van der Waals surface area (Å²) in [4.78, 5) is 27.2. The van der Waals surface area contributed by atoms with E-state index < -0.39 is 6.04 Å². The third kappa shape index (κ3) is 5.06. The molecule has 0 radical (unpaired) electrons. The minimum Gasteiger partial charge on any atom is -0.378 e. The molecule has 1 aromatic carbocycles. The van der Waals surface area contributed by atoms with E-state index in [1.807, 2.05) is 44.2 Å². The van der Waals surface area contributed by atoms with E-state index >= 15 is 0 Å². The van der Waals surface area contributed by atoms with Gasteiger partial charge in [-0.25, -0.2) is 0 Å². The summed E-state index contributed by atoms with van der Waals surface area (Å²) in [7, 11) is 0. The van der Waals surface area contributed by atoms with E-state index in [2.05, 4.69) is 5.32 Å². The van der Waals surface area contributed by atoms with Crippen LogP contribution >= 0.6 is 0 Å². The van der Waals surface area contributed by atoms with E-state index in [0.29, 0.717) is 32.7 Å². The van der Waals surface area contributed by atoms with E-state index in [9.17, 15) is 9.59 Å². The van der Waals surface area contributed by atoms with Crippen LogP contribution in [-0.4, -0.2) is 49.1 Å². The Bertz CT molecular complexity index is 523. The zero-order chi connectivity index (χ0) is 17.4. The SMILES string of the molecule is CCC(CC)C(=O)N[C@@H](Cc1ccccc1)C(=O)N1CCOCC1. The minimum absolute atomic E-state index is 0.0125. The summed E-state index contributed by atoms with van der Waals surface area (Å²) in [5, 5.41) is 2.99. The lowest BCUT2D eigenvalue weighted by molar-refractivity contribution is -0.140. The zero-order valence-electron chi connectivity index (χ0n) is 14.7. The monoisotopic (exact) mass is 332 g/mol. The third-order valence-corrected chi connectivity index (χ3v) is 4.58. The fraction of sp³-hybridized carbons (Fsp3) is 0.579. The molecule has 1 saturated heterocycles. The highest BCUT2D eigenvalue weighted by molar-refractivity contribution is 5.88. The fourth-order valence-electron chi connectivity index (χ4n) is 3.00. The van der Waals surface area contributed by atoms with Crippen molar-refractivity contribution in [1.29, 1.82) is 0 Å². The first-order chi connectivity index (χ1) is 11.7. The summed E-state index contributed by atoms with van der Waals surface area (Å²) in [5.41, 5.74) is 1.05. The maximum atomic E-state index is 12.9. The van der Waals surface area contributed by atoms with Crippen LogP contribution in [0, 0.1) is 5.92 Å². The number of morpholine rings is 1. The molecule has 0 spiro atoms. The van der Waals surface area contributed by atoms with E-state index in [1.54, 1.807) is 4.90 Å². The van der Waals surface area contributed by atoms with Crippen molar-refractivity contribution < 1.29 is 14.3 Å². The van der Waals surface area contributed by atoms with Crippen molar-refractivity contribution in [3.8, 4) is 0 Å². The van der Waals surface area contributed by atoms with E-state index in [4.69, 9.17) is 4.74 Å². The second-order valence-corrected chi connectivity index (χ2v) is 6.20. The maximum absolute atomic E-state index is 12.9. The molecule has 5 nitrogen and oxygen atoms in total. The first kappa shape index (κ1) is 18.5. The average Bonchev–Trinajstić information content (AvgIpc) is 2.63. The molecule has 1 N–H and O–H groups in total. The van der Waals surface area contributed by atoms with Crippen LogP contribution in [0.5, 0.6) is 0 Å². The van der Waals surface area contributed by atoms with Crippen molar-refractivity contribution in [2.45, 2.75) is 39.2 Å². The van der Waals surface area contributed by atoms with Gasteiger partial charge in [-0.05, 0) is 18.4 Å². The molecule has 1 aromatic rings. The Morgan fingerprint density at radius 3 is 2.33 bits per heavy atom. The molecule has 2 amide bonds. The molecule has 1 aliphatic rings. The zero-order valence-corrected chi connectivity index (χ0v) is 14.7. The fourth-order valence-corrected chi connectivity index (χ4v) is 3.00. The van der Waals surface area contributed by atoms with Crippen LogP contribution in [0.25, 0.3) is 0 Å². The number of carbonyl (C=O) groups excluding carboxylic acids is 2. The van der Waals surface area contributed by atoms with Gasteiger partial charge < -0.3 is 15.0 Å². The Balaban J connectivity index is 2.10. The highest BCUT2D eigenvalue weighted by Crippen LogP contribution is 2.12. The molecule has 24 heavy (non-hydrogen) atoms. The van der Waals surface area contributed by atoms with E-state index in [0.717, 1.165) is 18.4 Å². The van der Waals surface area contributed by atoms with Crippen LogP contribution in [0.4, 0.5) is 0 Å². The highest BCUT2D eigenvalue weighted by Gasteiger charge is 2.28. The largest absolute Gasteiger partial charge is 0.378 e. The summed E-state index contributed by atoms with van der Waals surface area (Å²) in [5.74, 6) is -0.0789. The highest BCUT2D eigenvalue weighted by atomic mass is 16.5. The second kappa shape index (κ2) is 9.42. The second-order valence-electron chi connectivity index (χ2n) is 6.20. The van der Waals surface area contributed by atoms with Gasteiger partial charge in [0.2, 0.25) is 11.8 Å². The smallest absolute Gasteiger partial charge is 0.245 e. The number of carbonyl (C=O) groups is 2. The molecule has 5 heteroatoms. The number of nitrogens with zero attached hydrogens (tertiary/aromatic N) is 1. The van der Waals surface area contributed by atoms with Gasteiger partial charge in [-0.15, -0.1) is 0 Å². The first-order valence-electron chi connectivity index (χ1n) is 8.86. The van der Waals surface area contributed by atoms with Crippen molar-refractivity contribution in [2.75, 3.05) is 26.3 Å². The van der Waals surface area contributed by atoms with Crippen LogP contribution in [0.3, 0.4) is 0 Å². The molecule has 1 atom stereocenters. The molecular weight excluding hydrogens is 304 g/mol. The normalized spacial score (nSPS) is 16.0. The van der Waals surface area contributed by atoms with E-state index in [-0.39, 0.29) is 17.7 Å². The lowest BCUT2D eigenvalue weighted by Crippen LogP contribution is -2.53. The van der Waals surface area contributed by atoms with Gasteiger partial charge in [0, 0.05) is 25.4 Å². The minimum atomic E-state index is -0.515. The Labute approximate surface area is 144 Å². The van der Waals surface area contributed by atoms with Crippen LogP contribution in [0.1, 0.15) is 32.3 Å². The van der Waals surface area contributed by atoms with Crippen LogP contribution in [0.15, 0.2) is 30.3 Å². The Morgan fingerprint density at radius 1 is 1.12 bits per heavy atom. The molecule has 0 bridgehead atoms. The van der Waals surface area contributed by atoms with Gasteiger partial charge in [-0.3, -0.25) is 9.59 Å². The Kier molecular flexibility index (Phi) is 7.25. The molecule has 1 heterocycles. The van der Waals surface area contributed by atoms with Crippen LogP contribution < -0.4 is 5.32 Å². The molecule has 0 unspecified atom stereocenters. The van der Waals surface area contributed by atoms with Crippen LogP contribution in [0.2, 0.25) is 0 Å². The number of rotatable bonds is 7. The van der Waals surface area contributed by atoms with Crippen molar-refractivity contribution >= 4 is 11.8 Å².